The number of phenolic OH excluding ortho intramolecular Hbond substituents is 1. The summed E-state index contributed by atoms with van der Waals surface area (Å²) in [5.74, 6) is 1.30. The number of rotatable bonds is 4. The van der Waals surface area contributed by atoms with Crippen molar-refractivity contribution in [1.29, 1.82) is 5.26 Å². The van der Waals surface area contributed by atoms with Crippen molar-refractivity contribution in [2.75, 3.05) is 20.0 Å². The molecule has 0 saturated heterocycles. The molecule has 0 fully saturated rings. The maximum absolute atomic E-state index is 10.2. The molecule has 2 aromatic rings. The number of ether oxygens (including phenoxy) is 2. The van der Waals surface area contributed by atoms with Gasteiger partial charge in [-0.25, -0.2) is 4.98 Å². The quantitative estimate of drug-likeness (QED) is 0.873. The summed E-state index contributed by atoms with van der Waals surface area (Å²) in [5, 5.41) is 19.9. The maximum Gasteiger partial charge on any atom is 0.200 e. The largest absolute Gasteiger partial charge is 0.502 e. The Balaban J connectivity index is 2.31. The number of aryl methyl sites for hydroxylation is 1. The molecule has 0 unspecified atom stereocenters. The first kappa shape index (κ1) is 17.9. The number of nitrogen functional groups attached to an aromatic ring is 1. The second-order valence-corrected chi connectivity index (χ2v) is 6.53. The number of nitrogens with two attached hydrogens (primary N) is 1. The summed E-state index contributed by atoms with van der Waals surface area (Å²) in [5.41, 5.74) is 9.95. The molecule has 0 radical (unpaired) electrons. The van der Waals surface area contributed by atoms with E-state index in [2.05, 4.69) is 18.0 Å². The second kappa shape index (κ2) is 7.12. The number of hydrogen-bond donors (Lipinski definition) is 2. The van der Waals surface area contributed by atoms with E-state index >= 15 is 0 Å². The molecular weight excluding hydrogens is 330 g/mol. The van der Waals surface area contributed by atoms with Crippen molar-refractivity contribution in [3.63, 3.8) is 0 Å². The average molecular weight is 353 g/mol. The lowest BCUT2D eigenvalue weighted by atomic mass is 9.80. The molecule has 0 aliphatic heterocycles. The summed E-state index contributed by atoms with van der Waals surface area (Å²) in [6.45, 7) is 2.18. The van der Waals surface area contributed by atoms with Gasteiger partial charge in [-0.05, 0) is 48.4 Å². The van der Waals surface area contributed by atoms with Crippen LogP contribution in [-0.4, -0.2) is 24.3 Å². The number of pyridine rings is 1. The molecule has 0 saturated carbocycles. The van der Waals surface area contributed by atoms with Crippen LogP contribution in [0, 0.1) is 17.2 Å². The lowest BCUT2D eigenvalue weighted by Gasteiger charge is -2.26. The van der Waals surface area contributed by atoms with Gasteiger partial charge < -0.3 is 20.3 Å². The number of nitrogens with zero attached hydrogens (tertiary/aromatic N) is 2. The van der Waals surface area contributed by atoms with Gasteiger partial charge in [0.05, 0.1) is 14.2 Å². The number of aromatic hydroxyl groups is 1. The molecule has 0 bridgehead atoms. The lowest BCUT2D eigenvalue weighted by molar-refractivity contribution is 0.340. The monoisotopic (exact) mass is 353 g/mol. The Morgan fingerprint density at radius 3 is 2.50 bits per heavy atom. The number of fused-ring (bicyclic) bond motifs is 1. The number of hydrogen-bond acceptors (Lipinski definition) is 6. The summed E-state index contributed by atoms with van der Waals surface area (Å²) in [6, 6.07) is 5.63. The Morgan fingerprint density at radius 1 is 1.31 bits per heavy atom. The van der Waals surface area contributed by atoms with E-state index in [-0.39, 0.29) is 23.1 Å². The molecule has 0 amide bonds. The van der Waals surface area contributed by atoms with Crippen LogP contribution in [0.15, 0.2) is 12.1 Å². The highest BCUT2D eigenvalue weighted by atomic mass is 16.5. The van der Waals surface area contributed by atoms with Crippen LogP contribution in [-0.2, 0) is 12.8 Å². The minimum atomic E-state index is -0.0698. The van der Waals surface area contributed by atoms with Crippen molar-refractivity contribution < 1.29 is 14.6 Å². The van der Waals surface area contributed by atoms with Crippen molar-refractivity contribution in [1.82, 2.24) is 4.98 Å². The van der Waals surface area contributed by atoms with Gasteiger partial charge in [-0.15, -0.1) is 0 Å². The smallest absolute Gasteiger partial charge is 0.200 e. The summed E-state index contributed by atoms with van der Waals surface area (Å²) in [7, 11) is 2.96. The minimum absolute atomic E-state index is 0.0698. The van der Waals surface area contributed by atoms with Gasteiger partial charge in [0, 0.05) is 11.3 Å². The third kappa shape index (κ3) is 2.90. The number of methoxy groups -OCH3 is 2. The molecule has 6 heteroatoms. The van der Waals surface area contributed by atoms with Crippen LogP contribution in [0.2, 0.25) is 0 Å². The van der Waals surface area contributed by atoms with Crippen molar-refractivity contribution in [2.45, 2.75) is 32.6 Å². The maximum atomic E-state index is 10.2. The van der Waals surface area contributed by atoms with Crippen molar-refractivity contribution in [3.05, 3.63) is 29.0 Å². The standard InChI is InChI=1S/C20H23N3O3/c1-4-11-5-6-15-13(7-11)18(14(10-21)20(22)23-15)12-8-16(25-2)19(24)17(9-12)26-3/h8-9,11,24H,4-7H2,1-3H3,(H2,22,23)/t11-/m1/s1. The molecule has 26 heavy (non-hydrogen) atoms. The predicted octanol–water partition coefficient (Wildman–Crippen LogP) is 3.44. The number of anilines is 1. The van der Waals surface area contributed by atoms with Crippen LogP contribution in [0.3, 0.4) is 0 Å². The summed E-state index contributed by atoms with van der Waals surface area (Å²) in [4.78, 5) is 4.49. The van der Waals surface area contributed by atoms with Gasteiger partial charge in [0.1, 0.15) is 17.5 Å². The number of nitriles is 1. The van der Waals surface area contributed by atoms with E-state index in [1.807, 2.05) is 0 Å². The molecule has 1 aliphatic carbocycles. The van der Waals surface area contributed by atoms with Crippen molar-refractivity contribution in [2.24, 2.45) is 5.92 Å². The van der Waals surface area contributed by atoms with Crippen molar-refractivity contribution >= 4 is 5.82 Å². The highest BCUT2D eigenvalue weighted by Crippen LogP contribution is 2.44. The van der Waals surface area contributed by atoms with Crippen molar-refractivity contribution in [3.8, 4) is 34.4 Å². The number of phenols is 1. The van der Waals surface area contributed by atoms with E-state index in [0.717, 1.165) is 48.1 Å². The molecule has 1 heterocycles. The van der Waals surface area contributed by atoms with Crippen LogP contribution in [0.25, 0.3) is 11.1 Å². The fourth-order valence-electron chi connectivity index (χ4n) is 3.67. The van der Waals surface area contributed by atoms with Crippen LogP contribution in [0.4, 0.5) is 5.82 Å². The van der Waals surface area contributed by atoms with E-state index in [0.29, 0.717) is 11.5 Å². The molecule has 3 rings (SSSR count). The van der Waals surface area contributed by atoms with Gasteiger partial charge >= 0.3 is 0 Å². The summed E-state index contributed by atoms with van der Waals surface area (Å²) in [6.07, 6.45) is 3.86. The van der Waals surface area contributed by atoms with E-state index < -0.39 is 0 Å². The summed E-state index contributed by atoms with van der Waals surface area (Å²) >= 11 is 0. The molecule has 1 aliphatic rings. The Morgan fingerprint density at radius 2 is 1.96 bits per heavy atom. The van der Waals surface area contributed by atoms with Crippen LogP contribution in [0.1, 0.15) is 36.6 Å². The highest BCUT2D eigenvalue weighted by molar-refractivity contribution is 5.82. The zero-order chi connectivity index (χ0) is 18.8. The first-order valence-electron chi connectivity index (χ1n) is 8.70. The van der Waals surface area contributed by atoms with Gasteiger partial charge in [-0.1, -0.05) is 13.3 Å². The van der Waals surface area contributed by atoms with Crippen LogP contribution >= 0.6 is 0 Å². The van der Waals surface area contributed by atoms with E-state index in [1.54, 1.807) is 12.1 Å². The van der Waals surface area contributed by atoms with E-state index in [9.17, 15) is 10.4 Å². The zero-order valence-electron chi connectivity index (χ0n) is 15.3. The normalized spacial score (nSPS) is 15.8. The molecule has 136 valence electrons. The van der Waals surface area contributed by atoms with Gasteiger partial charge in [0.25, 0.3) is 0 Å². The Bertz CT molecular complexity index is 862. The van der Waals surface area contributed by atoms with E-state index in [1.165, 1.54) is 14.2 Å². The van der Waals surface area contributed by atoms with Gasteiger partial charge in [0.2, 0.25) is 5.75 Å². The summed E-state index contributed by atoms with van der Waals surface area (Å²) < 4.78 is 10.6. The third-order valence-corrected chi connectivity index (χ3v) is 5.15. The van der Waals surface area contributed by atoms with E-state index in [4.69, 9.17) is 15.2 Å². The van der Waals surface area contributed by atoms with Crippen LogP contribution < -0.4 is 15.2 Å². The molecular formula is C20H23N3O3. The molecule has 1 aromatic carbocycles. The SMILES string of the molecule is CC[C@@H]1CCc2nc(N)c(C#N)c(-c3cc(OC)c(O)c(OC)c3)c2C1. The second-order valence-electron chi connectivity index (χ2n) is 6.53. The Labute approximate surface area is 153 Å². The Hall–Kier alpha value is -2.94. The third-order valence-electron chi connectivity index (χ3n) is 5.15. The average Bonchev–Trinajstić information content (AvgIpc) is 2.66. The molecule has 1 aromatic heterocycles. The van der Waals surface area contributed by atoms with Crippen LogP contribution in [0.5, 0.6) is 17.2 Å². The number of aromatic nitrogens is 1. The van der Waals surface area contributed by atoms with Gasteiger partial charge in [-0.3, -0.25) is 0 Å². The Kier molecular flexibility index (Phi) is 4.90. The fourth-order valence-corrected chi connectivity index (χ4v) is 3.67. The molecule has 3 N–H and O–H groups in total. The molecule has 1 atom stereocenters. The van der Waals surface area contributed by atoms with Gasteiger partial charge in [0.15, 0.2) is 11.5 Å². The highest BCUT2D eigenvalue weighted by Gasteiger charge is 2.27. The molecule has 6 nitrogen and oxygen atoms in total. The first-order valence-corrected chi connectivity index (χ1v) is 8.70. The zero-order valence-corrected chi connectivity index (χ0v) is 15.3. The minimum Gasteiger partial charge on any atom is -0.502 e. The lowest BCUT2D eigenvalue weighted by Crippen LogP contribution is -2.18. The topological polar surface area (TPSA) is 101 Å². The predicted molar refractivity (Wildman–Crippen MR) is 99.4 cm³/mol. The number of benzene rings is 1. The first-order chi connectivity index (χ1) is 12.5. The fraction of sp³-hybridized carbons (Fsp3) is 0.400. The van der Waals surface area contributed by atoms with Gasteiger partial charge in [-0.2, -0.15) is 5.26 Å². The molecule has 0 spiro atoms.